The lowest BCUT2D eigenvalue weighted by Gasteiger charge is -2.03. The SMILES string of the molecule is C=C(C)CCNCCCS(C)(=O)=O. The van der Waals surface area contributed by atoms with Gasteiger partial charge in [0.2, 0.25) is 0 Å². The van der Waals surface area contributed by atoms with Crippen molar-refractivity contribution in [3.05, 3.63) is 12.2 Å². The maximum absolute atomic E-state index is 10.7. The van der Waals surface area contributed by atoms with Crippen LogP contribution in [0.3, 0.4) is 0 Å². The highest BCUT2D eigenvalue weighted by Crippen LogP contribution is 1.92. The zero-order valence-electron chi connectivity index (χ0n) is 8.47. The van der Waals surface area contributed by atoms with E-state index in [0.717, 1.165) is 25.1 Å². The Bertz CT molecular complexity index is 244. The van der Waals surface area contributed by atoms with Gasteiger partial charge in [0, 0.05) is 6.26 Å². The maximum atomic E-state index is 10.7. The fourth-order valence-electron chi connectivity index (χ4n) is 0.886. The van der Waals surface area contributed by atoms with Crippen molar-refractivity contribution >= 4 is 9.84 Å². The summed E-state index contributed by atoms with van der Waals surface area (Å²) in [6.45, 7) is 7.41. The standard InChI is InChI=1S/C9H19NO2S/c1-9(2)5-7-10-6-4-8-13(3,11)12/h10H,1,4-8H2,2-3H3. The van der Waals surface area contributed by atoms with Crippen LogP contribution in [0.25, 0.3) is 0 Å². The molecular formula is C9H19NO2S. The minimum Gasteiger partial charge on any atom is -0.316 e. The van der Waals surface area contributed by atoms with Crippen LogP contribution in [0.2, 0.25) is 0 Å². The van der Waals surface area contributed by atoms with Gasteiger partial charge in [0.25, 0.3) is 0 Å². The lowest BCUT2D eigenvalue weighted by Crippen LogP contribution is -2.19. The monoisotopic (exact) mass is 205 g/mol. The average Bonchev–Trinajstić information content (AvgIpc) is 1.93. The summed E-state index contributed by atoms with van der Waals surface area (Å²) >= 11 is 0. The summed E-state index contributed by atoms with van der Waals surface area (Å²) < 4.78 is 21.5. The number of sulfone groups is 1. The minimum atomic E-state index is -2.79. The number of rotatable bonds is 7. The number of hydrogen-bond acceptors (Lipinski definition) is 3. The highest BCUT2D eigenvalue weighted by Gasteiger charge is 1.99. The molecule has 0 aliphatic heterocycles. The lowest BCUT2D eigenvalue weighted by molar-refractivity contribution is 0.594. The van der Waals surface area contributed by atoms with Crippen molar-refractivity contribution < 1.29 is 8.42 Å². The first-order valence-electron chi connectivity index (χ1n) is 4.44. The molecule has 0 aromatic rings. The summed E-state index contributed by atoms with van der Waals surface area (Å²) in [4.78, 5) is 0. The normalized spacial score (nSPS) is 11.5. The maximum Gasteiger partial charge on any atom is 0.147 e. The molecule has 0 aromatic carbocycles. The van der Waals surface area contributed by atoms with Gasteiger partial charge in [0.1, 0.15) is 9.84 Å². The second kappa shape index (κ2) is 6.16. The molecule has 4 heteroatoms. The molecule has 0 spiro atoms. The van der Waals surface area contributed by atoms with Gasteiger partial charge in [-0.25, -0.2) is 8.42 Å². The van der Waals surface area contributed by atoms with Gasteiger partial charge in [-0.15, -0.1) is 6.58 Å². The summed E-state index contributed by atoms with van der Waals surface area (Å²) in [5.41, 5.74) is 1.15. The van der Waals surface area contributed by atoms with Gasteiger partial charge in [0.05, 0.1) is 5.75 Å². The zero-order valence-corrected chi connectivity index (χ0v) is 9.28. The van der Waals surface area contributed by atoms with E-state index in [0.29, 0.717) is 6.42 Å². The fraction of sp³-hybridized carbons (Fsp3) is 0.778. The first kappa shape index (κ1) is 12.7. The molecule has 0 unspecified atom stereocenters. The molecule has 0 amide bonds. The Labute approximate surface area is 81.1 Å². The molecule has 3 nitrogen and oxygen atoms in total. The van der Waals surface area contributed by atoms with Crippen molar-refractivity contribution in [2.75, 3.05) is 25.1 Å². The Morgan fingerprint density at radius 2 is 2.00 bits per heavy atom. The third kappa shape index (κ3) is 11.7. The Hall–Kier alpha value is -0.350. The molecule has 0 aliphatic rings. The van der Waals surface area contributed by atoms with Gasteiger partial charge in [-0.3, -0.25) is 0 Å². The van der Waals surface area contributed by atoms with Crippen LogP contribution in [0, 0.1) is 0 Å². The van der Waals surface area contributed by atoms with Crippen LogP contribution in [-0.2, 0) is 9.84 Å². The zero-order chi connectivity index (χ0) is 10.3. The van der Waals surface area contributed by atoms with Crippen molar-refractivity contribution in [3.63, 3.8) is 0 Å². The van der Waals surface area contributed by atoms with Crippen molar-refractivity contribution in [1.82, 2.24) is 5.32 Å². The van der Waals surface area contributed by atoms with E-state index >= 15 is 0 Å². The van der Waals surface area contributed by atoms with Gasteiger partial charge >= 0.3 is 0 Å². The summed E-state index contributed by atoms with van der Waals surface area (Å²) in [6, 6.07) is 0. The Balaban J connectivity index is 3.23. The molecule has 0 bridgehead atoms. The predicted molar refractivity (Wildman–Crippen MR) is 56.6 cm³/mol. The molecule has 0 radical (unpaired) electrons. The van der Waals surface area contributed by atoms with Crippen LogP contribution in [0.4, 0.5) is 0 Å². The van der Waals surface area contributed by atoms with Crippen molar-refractivity contribution in [1.29, 1.82) is 0 Å². The number of hydrogen-bond donors (Lipinski definition) is 1. The first-order valence-corrected chi connectivity index (χ1v) is 6.50. The summed E-state index contributed by atoms with van der Waals surface area (Å²) in [5.74, 6) is 0.271. The van der Waals surface area contributed by atoms with Gasteiger partial charge < -0.3 is 5.32 Å². The molecule has 0 aromatic heterocycles. The molecule has 13 heavy (non-hydrogen) atoms. The molecule has 1 N–H and O–H groups in total. The van der Waals surface area contributed by atoms with Crippen LogP contribution < -0.4 is 5.32 Å². The van der Waals surface area contributed by atoms with Crippen LogP contribution in [0.15, 0.2) is 12.2 Å². The molecule has 0 aliphatic carbocycles. The predicted octanol–water partition coefficient (Wildman–Crippen LogP) is 0.977. The third-order valence-corrected chi connectivity index (χ3v) is 2.63. The quantitative estimate of drug-likeness (QED) is 0.498. The van der Waals surface area contributed by atoms with E-state index in [4.69, 9.17) is 0 Å². The van der Waals surface area contributed by atoms with Crippen LogP contribution >= 0.6 is 0 Å². The van der Waals surface area contributed by atoms with Gasteiger partial charge in [-0.2, -0.15) is 0 Å². The molecule has 0 heterocycles. The summed E-state index contributed by atoms with van der Waals surface area (Å²) in [7, 11) is -2.79. The lowest BCUT2D eigenvalue weighted by atomic mass is 10.2. The Morgan fingerprint density at radius 1 is 1.38 bits per heavy atom. The largest absolute Gasteiger partial charge is 0.316 e. The topological polar surface area (TPSA) is 46.2 Å². The second-order valence-corrected chi connectivity index (χ2v) is 5.70. The Kier molecular flexibility index (Phi) is 5.99. The first-order chi connectivity index (χ1) is 5.92. The van der Waals surface area contributed by atoms with Gasteiger partial charge in [-0.05, 0) is 32.9 Å². The second-order valence-electron chi connectivity index (χ2n) is 3.44. The molecule has 0 saturated carbocycles. The van der Waals surface area contributed by atoms with Gasteiger partial charge in [0.15, 0.2) is 0 Å². The average molecular weight is 205 g/mol. The molecule has 0 saturated heterocycles. The van der Waals surface area contributed by atoms with Gasteiger partial charge in [-0.1, -0.05) is 5.57 Å². The van der Waals surface area contributed by atoms with E-state index in [1.807, 2.05) is 6.92 Å². The molecule has 0 fully saturated rings. The fourth-order valence-corrected chi connectivity index (χ4v) is 1.55. The minimum absolute atomic E-state index is 0.271. The summed E-state index contributed by atoms with van der Waals surface area (Å²) in [6.07, 6.45) is 2.91. The highest BCUT2D eigenvalue weighted by atomic mass is 32.2. The van der Waals surface area contributed by atoms with Crippen LogP contribution in [0.5, 0.6) is 0 Å². The molecular weight excluding hydrogens is 186 g/mol. The van der Waals surface area contributed by atoms with Crippen molar-refractivity contribution in [2.24, 2.45) is 0 Å². The van der Waals surface area contributed by atoms with Crippen LogP contribution in [-0.4, -0.2) is 33.5 Å². The smallest absolute Gasteiger partial charge is 0.147 e. The molecule has 0 atom stereocenters. The van der Waals surface area contributed by atoms with E-state index in [9.17, 15) is 8.42 Å². The third-order valence-electron chi connectivity index (χ3n) is 1.60. The van der Waals surface area contributed by atoms with E-state index in [1.165, 1.54) is 6.26 Å². The Morgan fingerprint density at radius 3 is 2.46 bits per heavy atom. The van der Waals surface area contributed by atoms with Crippen molar-refractivity contribution in [3.8, 4) is 0 Å². The highest BCUT2D eigenvalue weighted by molar-refractivity contribution is 7.90. The van der Waals surface area contributed by atoms with E-state index in [2.05, 4.69) is 11.9 Å². The van der Waals surface area contributed by atoms with E-state index < -0.39 is 9.84 Å². The van der Waals surface area contributed by atoms with E-state index in [1.54, 1.807) is 0 Å². The van der Waals surface area contributed by atoms with Crippen LogP contribution in [0.1, 0.15) is 19.8 Å². The molecule has 0 rings (SSSR count). The van der Waals surface area contributed by atoms with E-state index in [-0.39, 0.29) is 5.75 Å². The number of nitrogens with one attached hydrogen (secondary N) is 1. The summed E-state index contributed by atoms with van der Waals surface area (Å²) in [5, 5.41) is 3.16. The van der Waals surface area contributed by atoms with Crippen molar-refractivity contribution in [2.45, 2.75) is 19.8 Å². The molecule has 78 valence electrons.